The van der Waals surface area contributed by atoms with E-state index in [2.05, 4.69) is 31.1 Å². The molecule has 1 aromatic heterocycles. The van der Waals surface area contributed by atoms with Crippen LogP contribution < -0.4 is 5.32 Å². The lowest BCUT2D eigenvalue weighted by molar-refractivity contribution is 0.193. The van der Waals surface area contributed by atoms with E-state index in [4.69, 9.17) is 11.6 Å². The molecule has 0 amide bonds. The Balaban J connectivity index is 1.70. The predicted molar refractivity (Wildman–Crippen MR) is 78.2 cm³/mol. The van der Waals surface area contributed by atoms with E-state index in [0.717, 1.165) is 10.2 Å². The topological polar surface area (TPSA) is 28.2 Å². The summed E-state index contributed by atoms with van der Waals surface area (Å²) in [5.41, 5.74) is 1.06. The van der Waals surface area contributed by atoms with Crippen LogP contribution in [0.5, 0.6) is 0 Å². The van der Waals surface area contributed by atoms with Gasteiger partial charge in [-0.2, -0.15) is 0 Å². The van der Waals surface area contributed by atoms with Crippen LogP contribution in [0.15, 0.2) is 16.7 Å². The number of hydrogen-bond acceptors (Lipinski definition) is 3. The second-order valence-electron chi connectivity index (χ2n) is 5.14. The smallest absolute Gasteiger partial charge is 0.143 e. The van der Waals surface area contributed by atoms with Gasteiger partial charge in [-0.1, -0.05) is 18.0 Å². The van der Waals surface area contributed by atoms with Gasteiger partial charge in [-0.15, -0.1) is 0 Å². The maximum Gasteiger partial charge on any atom is 0.143 e. The molecule has 2 aliphatic rings. The molecule has 2 unspecified atom stereocenters. The molecule has 3 rings (SSSR count). The van der Waals surface area contributed by atoms with E-state index in [0.29, 0.717) is 17.2 Å². The first-order chi connectivity index (χ1) is 8.74. The number of rotatable bonds is 2. The minimum absolute atomic E-state index is 0.520. The summed E-state index contributed by atoms with van der Waals surface area (Å²) in [5.74, 6) is 0. The Labute approximate surface area is 121 Å². The SMILES string of the molecule is Clc1ncc(NC2CCN3CCCCC23)cc1Br. The fraction of sp³-hybridized carbons (Fsp3) is 0.615. The zero-order valence-corrected chi connectivity index (χ0v) is 12.5. The summed E-state index contributed by atoms with van der Waals surface area (Å²) in [6, 6.07) is 3.27. The van der Waals surface area contributed by atoms with Crippen molar-refractivity contribution in [3.63, 3.8) is 0 Å². The summed E-state index contributed by atoms with van der Waals surface area (Å²) in [6.07, 6.45) is 7.09. The van der Waals surface area contributed by atoms with E-state index in [1.54, 1.807) is 0 Å². The van der Waals surface area contributed by atoms with Crippen LogP contribution in [-0.4, -0.2) is 35.1 Å². The van der Waals surface area contributed by atoms with Crippen molar-refractivity contribution >= 4 is 33.2 Å². The van der Waals surface area contributed by atoms with Crippen LogP contribution in [0.4, 0.5) is 5.69 Å². The molecule has 18 heavy (non-hydrogen) atoms. The molecule has 3 nitrogen and oxygen atoms in total. The maximum atomic E-state index is 5.91. The first-order valence-electron chi connectivity index (χ1n) is 6.55. The number of anilines is 1. The molecule has 2 saturated heterocycles. The number of piperidine rings is 1. The molecule has 2 atom stereocenters. The fourth-order valence-electron chi connectivity index (χ4n) is 3.13. The lowest BCUT2D eigenvalue weighted by Gasteiger charge is -2.32. The third-order valence-corrected chi connectivity index (χ3v) is 5.14. The van der Waals surface area contributed by atoms with Crippen molar-refractivity contribution in [2.24, 2.45) is 0 Å². The van der Waals surface area contributed by atoms with Gasteiger partial charge in [-0.25, -0.2) is 4.98 Å². The van der Waals surface area contributed by atoms with Gasteiger partial charge in [0.05, 0.1) is 16.4 Å². The average molecular weight is 331 g/mol. The van der Waals surface area contributed by atoms with Crippen molar-refractivity contribution in [1.29, 1.82) is 0 Å². The lowest BCUT2D eigenvalue weighted by Crippen LogP contribution is -2.41. The third kappa shape index (κ3) is 2.51. The second kappa shape index (κ2) is 5.35. The van der Waals surface area contributed by atoms with Gasteiger partial charge in [0, 0.05) is 18.6 Å². The summed E-state index contributed by atoms with van der Waals surface area (Å²) < 4.78 is 0.854. The standard InChI is InChI=1S/C13H17BrClN3/c14-10-7-9(8-16-13(10)15)17-11-4-6-18-5-2-1-3-12(11)18/h7-8,11-12,17H,1-6H2. The normalized spacial score (nSPS) is 28.1. The molecule has 1 aromatic rings. The monoisotopic (exact) mass is 329 g/mol. The van der Waals surface area contributed by atoms with Crippen molar-refractivity contribution in [2.75, 3.05) is 18.4 Å². The Morgan fingerprint density at radius 2 is 2.22 bits per heavy atom. The van der Waals surface area contributed by atoms with E-state index < -0.39 is 0 Å². The molecular formula is C13H17BrClN3. The number of hydrogen-bond donors (Lipinski definition) is 1. The highest BCUT2D eigenvalue weighted by Crippen LogP contribution is 2.30. The largest absolute Gasteiger partial charge is 0.379 e. The molecule has 2 aliphatic heterocycles. The average Bonchev–Trinajstić information content (AvgIpc) is 2.78. The number of nitrogens with one attached hydrogen (secondary N) is 1. The summed E-state index contributed by atoms with van der Waals surface area (Å²) in [4.78, 5) is 6.79. The zero-order valence-electron chi connectivity index (χ0n) is 10.2. The highest BCUT2D eigenvalue weighted by molar-refractivity contribution is 9.10. The number of fused-ring (bicyclic) bond motifs is 1. The Morgan fingerprint density at radius 1 is 1.33 bits per heavy atom. The van der Waals surface area contributed by atoms with Crippen molar-refractivity contribution in [3.05, 3.63) is 21.9 Å². The molecule has 2 fully saturated rings. The van der Waals surface area contributed by atoms with Crippen LogP contribution in [0, 0.1) is 0 Å². The number of halogens is 2. The van der Waals surface area contributed by atoms with Crippen LogP contribution in [0.25, 0.3) is 0 Å². The Bertz CT molecular complexity index is 440. The van der Waals surface area contributed by atoms with Crippen molar-refractivity contribution in [1.82, 2.24) is 9.88 Å². The molecule has 0 radical (unpaired) electrons. The molecular weight excluding hydrogens is 314 g/mol. The molecule has 5 heteroatoms. The van der Waals surface area contributed by atoms with Crippen LogP contribution in [0.3, 0.4) is 0 Å². The van der Waals surface area contributed by atoms with Crippen molar-refractivity contribution in [3.8, 4) is 0 Å². The van der Waals surface area contributed by atoms with Gasteiger partial charge >= 0.3 is 0 Å². The molecule has 0 aliphatic carbocycles. The van der Waals surface area contributed by atoms with Gasteiger partial charge in [-0.05, 0) is 47.8 Å². The van der Waals surface area contributed by atoms with Gasteiger partial charge in [0.25, 0.3) is 0 Å². The molecule has 0 bridgehead atoms. The highest BCUT2D eigenvalue weighted by atomic mass is 79.9. The summed E-state index contributed by atoms with van der Waals surface area (Å²) >= 11 is 9.33. The van der Waals surface area contributed by atoms with Crippen molar-refractivity contribution < 1.29 is 0 Å². The van der Waals surface area contributed by atoms with Crippen LogP contribution >= 0.6 is 27.5 Å². The zero-order chi connectivity index (χ0) is 12.5. The first-order valence-corrected chi connectivity index (χ1v) is 7.73. The van der Waals surface area contributed by atoms with Gasteiger partial charge in [-0.3, -0.25) is 4.90 Å². The summed E-state index contributed by atoms with van der Waals surface area (Å²) in [6.45, 7) is 2.50. The third-order valence-electron chi connectivity index (χ3n) is 4.00. The van der Waals surface area contributed by atoms with E-state index >= 15 is 0 Å². The van der Waals surface area contributed by atoms with Gasteiger partial charge in [0.1, 0.15) is 5.15 Å². The lowest BCUT2D eigenvalue weighted by atomic mass is 9.99. The molecule has 3 heterocycles. The second-order valence-corrected chi connectivity index (χ2v) is 6.35. The molecule has 0 saturated carbocycles. The van der Waals surface area contributed by atoms with Crippen molar-refractivity contribution in [2.45, 2.75) is 37.8 Å². The quantitative estimate of drug-likeness (QED) is 0.841. The minimum Gasteiger partial charge on any atom is -0.379 e. The Hall–Kier alpha value is -0.320. The van der Waals surface area contributed by atoms with Gasteiger partial charge in [0.15, 0.2) is 0 Å². The molecule has 0 aromatic carbocycles. The minimum atomic E-state index is 0.520. The van der Waals surface area contributed by atoms with Crippen LogP contribution in [0.1, 0.15) is 25.7 Å². The summed E-state index contributed by atoms with van der Waals surface area (Å²) in [5, 5.41) is 4.13. The van der Waals surface area contributed by atoms with Crippen LogP contribution in [0.2, 0.25) is 5.15 Å². The number of nitrogens with zero attached hydrogens (tertiary/aromatic N) is 2. The number of pyridine rings is 1. The van der Waals surface area contributed by atoms with E-state index in [1.165, 1.54) is 38.8 Å². The molecule has 1 N–H and O–H groups in total. The fourth-order valence-corrected chi connectivity index (χ4v) is 3.58. The molecule has 0 spiro atoms. The van der Waals surface area contributed by atoms with Crippen LogP contribution in [-0.2, 0) is 0 Å². The van der Waals surface area contributed by atoms with Gasteiger partial charge in [0.2, 0.25) is 0 Å². The highest BCUT2D eigenvalue weighted by Gasteiger charge is 2.35. The Kier molecular flexibility index (Phi) is 3.78. The maximum absolute atomic E-state index is 5.91. The Morgan fingerprint density at radius 3 is 3.06 bits per heavy atom. The van der Waals surface area contributed by atoms with E-state index in [-0.39, 0.29) is 0 Å². The van der Waals surface area contributed by atoms with E-state index in [1.807, 2.05) is 12.3 Å². The number of aromatic nitrogens is 1. The summed E-state index contributed by atoms with van der Waals surface area (Å²) in [7, 11) is 0. The first kappa shape index (κ1) is 12.7. The predicted octanol–water partition coefficient (Wildman–Crippen LogP) is 3.54. The van der Waals surface area contributed by atoms with Gasteiger partial charge < -0.3 is 5.32 Å². The molecule has 98 valence electrons. The van der Waals surface area contributed by atoms with E-state index in [9.17, 15) is 0 Å².